The van der Waals surface area contributed by atoms with Crippen LogP contribution in [0.15, 0.2) is 4.52 Å². The lowest BCUT2D eigenvalue weighted by molar-refractivity contribution is -0.126. The van der Waals surface area contributed by atoms with E-state index >= 15 is 0 Å². The molecule has 2 rings (SSSR count). The van der Waals surface area contributed by atoms with Crippen molar-refractivity contribution in [3.63, 3.8) is 0 Å². The molecule has 0 bridgehead atoms. The summed E-state index contributed by atoms with van der Waals surface area (Å²) in [4.78, 5) is 18.8. The Morgan fingerprint density at radius 2 is 2.36 bits per heavy atom. The van der Waals surface area contributed by atoms with E-state index in [1.54, 1.807) is 7.11 Å². The third-order valence-electron chi connectivity index (χ3n) is 3.98. The Morgan fingerprint density at radius 3 is 3.09 bits per heavy atom. The predicted molar refractivity (Wildman–Crippen MR) is 81.2 cm³/mol. The van der Waals surface area contributed by atoms with Gasteiger partial charge in [-0.05, 0) is 33.2 Å². The molecule has 1 aromatic rings. The monoisotopic (exact) mass is 310 g/mol. The zero-order chi connectivity index (χ0) is 15.9. The molecule has 124 valence electrons. The highest BCUT2D eigenvalue weighted by Crippen LogP contribution is 2.18. The maximum atomic E-state index is 12.2. The van der Waals surface area contributed by atoms with Gasteiger partial charge in [-0.1, -0.05) is 5.16 Å². The summed E-state index contributed by atoms with van der Waals surface area (Å²) in [5.41, 5.74) is 0. The molecule has 0 spiro atoms. The molecule has 1 N–H and O–H groups in total. The van der Waals surface area contributed by atoms with E-state index in [0.717, 1.165) is 25.9 Å². The average molecular weight is 310 g/mol. The normalized spacial score (nSPS) is 19.5. The number of methoxy groups -OCH3 is 1. The molecular weight excluding hydrogens is 284 g/mol. The molecule has 7 heteroatoms. The van der Waals surface area contributed by atoms with Gasteiger partial charge in [-0.15, -0.1) is 0 Å². The highest BCUT2D eigenvalue weighted by molar-refractivity contribution is 5.78. The van der Waals surface area contributed by atoms with E-state index in [1.165, 1.54) is 0 Å². The molecule has 1 amide bonds. The number of hydrogen-bond acceptors (Lipinski definition) is 6. The number of hydrogen-bond donors (Lipinski definition) is 1. The van der Waals surface area contributed by atoms with Crippen molar-refractivity contribution in [2.24, 2.45) is 5.92 Å². The van der Waals surface area contributed by atoms with Crippen LogP contribution in [-0.4, -0.2) is 53.7 Å². The van der Waals surface area contributed by atoms with E-state index < -0.39 is 0 Å². The third-order valence-corrected chi connectivity index (χ3v) is 3.98. The van der Waals surface area contributed by atoms with Crippen LogP contribution < -0.4 is 5.32 Å². The number of aromatic nitrogens is 2. The van der Waals surface area contributed by atoms with Crippen molar-refractivity contribution < 1.29 is 14.1 Å². The minimum absolute atomic E-state index is 0.0860. The Labute approximate surface area is 131 Å². The lowest BCUT2D eigenvalue weighted by Crippen LogP contribution is -2.45. The van der Waals surface area contributed by atoms with Crippen LogP contribution in [0.5, 0.6) is 0 Å². The van der Waals surface area contributed by atoms with Crippen molar-refractivity contribution in [1.82, 2.24) is 20.4 Å². The second-order valence-electron chi connectivity index (χ2n) is 6.01. The van der Waals surface area contributed by atoms with Crippen LogP contribution in [0.4, 0.5) is 0 Å². The molecule has 7 nitrogen and oxygen atoms in total. The lowest BCUT2D eigenvalue weighted by atomic mass is 9.96. The molecule has 2 heterocycles. The lowest BCUT2D eigenvalue weighted by Gasteiger charge is -2.34. The zero-order valence-corrected chi connectivity index (χ0v) is 13.7. The standard InChI is InChI=1S/C15H26N4O3/c1-11(2)19-8-4-5-12(9-19)15(20)16-7-6-14-17-13(10-21-3)18-22-14/h11-12H,4-10H2,1-3H3,(H,16,20). The fraction of sp³-hybridized carbons (Fsp3) is 0.800. The summed E-state index contributed by atoms with van der Waals surface area (Å²) in [6.07, 6.45) is 2.59. The van der Waals surface area contributed by atoms with E-state index in [1.807, 2.05) is 0 Å². The van der Waals surface area contributed by atoms with Crippen molar-refractivity contribution in [3.05, 3.63) is 11.7 Å². The number of piperidine rings is 1. The Kier molecular flexibility index (Phi) is 6.33. The van der Waals surface area contributed by atoms with Crippen LogP contribution in [0, 0.1) is 5.92 Å². The Balaban J connectivity index is 1.72. The quantitative estimate of drug-likeness (QED) is 0.809. The van der Waals surface area contributed by atoms with Crippen molar-refractivity contribution in [2.45, 2.75) is 45.8 Å². The van der Waals surface area contributed by atoms with E-state index in [2.05, 4.69) is 34.2 Å². The van der Waals surface area contributed by atoms with Crippen molar-refractivity contribution in [3.8, 4) is 0 Å². The Morgan fingerprint density at radius 1 is 1.55 bits per heavy atom. The Hall–Kier alpha value is -1.47. The minimum Gasteiger partial charge on any atom is -0.377 e. The molecule has 22 heavy (non-hydrogen) atoms. The first-order valence-electron chi connectivity index (χ1n) is 7.92. The summed E-state index contributed by atoms with van der Waals surface area (Å²) in [5.74, 6) is 1.27. The highest BCUT2D eigenvalue weighted by atomic mass is 16.5. The maximum Gasteiger partial charge on any atom is 0.228 e. The first kappa shape index (κ1) is 16.9. The second-order valence-corrected chi connectivity index (χ2v) is 6.01. The number of amides is 1. The number of carbonyl (C=O) groups excluding carboxylic acids is 1. The van der Waals surface area contributed by atoms with E-state index in [9.17, 15) is 4.79 Å². The molecule has 1 aliphatic rings. The predicted octanol–water partition coefficient (Wildman–Crippen LogP) is 0.995. The van der Waals surface area contributed by atoms with Gasteiger partial charge in [0.2, 0.25) is 11.8 Å². The second kappa shape index (κ2) is 8.24. The fourth-order valence-electron chi connectivity index (χ4n) is 2.71. The van der Waals surface area contributed by atoms with E-state index in [4.69, 9.17) is 9.26 Å². The Bertz CT molecular complexity index is 475. The number of nitrogens with zero attached hydrogens (tertiary/aromatic N) is 3. The van der Waals surface area contributed by atoms with Crippen LogP contribution in [0.25, 0.3) is 0 Å². The topological polar surface area (TPSA) is 80.5 Å². The fourth-order valence-corrected chi connectivity index (χ4v) is 2.71. The summed E-state index contributed by atoms with van der Waals surface area (Å²) in [6.45, 7) is 7.14. The van der Waals surface area contributed by atoms with Gasteiger partial charge in [0.25, 0.3) is 0 Å². The van der Waals surface area contributed by atoms with E-state index in [-0.39, 0.29) is 11.8 Å². The number of nitrogens with one attached hydrogen (secondary N) is 1. The molecular formula is C15H26N4O3. The van der Waals surface area contributed by atoms with Gasteiger partial charge in [0.15, 0.2) is 5.82 Å². The highest BCUT2D eigenvalue weighted by Gasteiger charge is 2.26. The van der Waals surface area contributed by atoms with Crippen molar-refractivity contribution in [2.75, 3.05) is 26.7 Å². The largest absolute Gasteiger partial charge is 0.377 e. The molecule has 1 aromatic heterocycles. The van der Waals surface area contributed by atoms with Crippen LogP contribution in [0.1, 0.15) is 38.4 Å². The summed E-state index contributed by atoms with van der Waals surface area (Å²) in [6, 6.07) is 0.494. The van der Waals surface area contributed by atoms with Gasteiger partial charge < -0.3 is 19.5 Å². The summed E-state index contributed by atoms with van der Waals surface area (Å²) < 4.78 is 10.0. The molecule has 0 radical (unpaired) electrons. The van der Waals surface area contributed by atoms with Gasteiger partial charge in [-0.2, -0.15) is 4.98 Å². The van der Waals surface area contributed by atoms with Gasteiger partial charge in [-0.25, -0.2) is 0 Å². The molecule has 0 aliphatic carbocycles. The molecule has 0 aromatic carbocycles. The van der Waals surface area contributed by atoms with Gasteiger partial charge >= 0.3 is 0 Å². The first-order chi connectivity index (χ1) is 10.6. The van der Waals surface area contributed by atoms with Gasteiger partial charge in [0, 0.05) is 32.7 Å². The van der Waals surface area contributed by atoms with Gasteiger partial charge in [0.1, 0.15) is 6.61 Å². The molecule has 1 atom stereocenters. The molecule has 1 unspecified atom stereocenters. The summed E-state index contributed by atoms with van der Waals surface area (Å²) in [5, 5.41) is 6.77. The third kappa shape index (κ3) is 4.78. The summed E-state index contributed by atoms with van der Waals surface area (Å²) in [7, 11) is 1.58. The van der Waals surface area contributed by atoms with Crippen molar-refractivity contribution in [1.29, 1.82) is 0 Å². The first-order valence-corrected chi connectivity index (χ1v) is 7.92. The number of ether oxygens (including phenoxy) is 1. The van der Waals surface area contributed by atoms with E-state index in [0.29, 0.717) is 37.3 Å². The van der Waals surface area contributed by atoms with Gasteiger partial charge in [-0.3, -0.25) is 4.79 Å². The minimum atomic E-state index is 0.0860. The van der Waals surface area contributed by atoms with Gasteiger partial charge in [0.05, 0.1) is 5.92 Å². The smallest absolute Gasteiger partial charge is 0.228 e. The average Bonchev–Trinajstić information content (AvgIpc) is 2.95. The molecule has 1 aliphatic heterocycles. The summed E-state index contributed by atoms with van der Waals surface area (Å²) >= 11 is 0. The van der Waals surface area contributed by atoms with Crippen LogP contribution in [-0.2, 0) is 22.6 Å². The SMILES string of the molecule is COCc1noc(CCNC(=O)C2CCCN(C(C)C)C2)n1. The van der Waals surface area contributed by atoms with Crippen LogP contribution in [0.3, 0.4) is 0 Å². The molecule has 1 saturated heterocycles. The van der Waals surface area contributed by atoms with Crippen LogP contribution >= 0.6 is 0 Å². The number of carbonyl (C=O) groups is 1. The number of likely N-dealkylation sites (tertiary alicyclic amines) is 1. The van der Waals surface area contributed by atoms with Crippen LogP contribution in [0.2, 0.25) is 0 Å². The number of rotatable bonds is 7. The molecule has 1 fully saturated rings. The zero-order valence-electron chi connectivity index (χ0n) is 13.7. The molecule has 0 saturated carbocycles. The van der Waals surface area contributed by atoms with Crippen molar-refractivity contribution >= 4 is 5.91 Å². The maximum absolute atomic E-state index is 12.2.